The monoisotopic (exact) mass is 400 g/mol. The lowest BCUT2D eigenvalue weighted by atomic mass is 10.2. The van der Waals surface area contributed by atoms with Crippen molar-refractivity contribution in [3.8, 4) is 11.5 Å². The van der Waals surface area contributed by atoms with Gasteiger partial charge in [0.25, 0.3) is 0 Å². The summed E-state index contributed by atoms with van der Waals surface area (Å²) in [5, 5.41) is 2.79. The van der Waals surface area contributed by atoms with Gasteiger partial charge in [-0.2, -0.15) is 0 Å². The van der Waals surface area contributed by atoms with Gasteiger partial charge in [0.15, 0.2) is 0 Å². The van der Waals surface area contributed by atoms with Crippen LogP contribution in [-0.4, -0.2) is 44.4 Å². The molecule has 0 atom stereocenters. The molecule has 0 radical (unpaired) electrons. The Morgan fingerprint density at radius 3 is 2.61 bits per heavy atom. The Morgan fingerprint density at radius 2 is 1.82 bits per heavy atom. The Morgan fingerprint density at radius 1 is 1.07 bits per heavy atom. The number of benzene rings is 2. The minimum absolute atomic E-state index is 0.0163. The molecule has 0 aromatic heterocycles. The lowest BCUT2D eigenvalue weighted by molar-refractivity contribution is -0.125. The molecule has 6 nitrogen and oxygen atoms in total. The molecule has 0 spiro atoms. The van der Waals surface area contributed by atoms with Gasteiger partial charge in [0.1, 0.15) is 18.1 Å². The van der Waals surface area contributed by atoms with E-state index in [1.54, 1.807) is 23.8 Å². The van der Waals surface area contributed by atoms with Crippen molar-refractivity contribution in [1.82, 2.24) is 5.32 Å². The first kappa shape index (κ1) is 20.1. The van der Waals surface area contributed by atoms with Gasteiger partial charge in [-0.05, 0) is 36.4 Å². The fourth-order valence-electron chi connectivity index (χ4n) is 2.90. The van der Waals surface area contributed by atoms with Crippen LogP contribution in [0.5, 0.6) is 11.5 Å². The predicted octanol–water partition coefficient (Wildman–Crippen LogP) is 3.11. The van der Waals surface area contributed by atoms with E-state index >= 15 is 0 Å². The molecule has 0 saturated heterocycles. The second kappa shape index (κ2) is 10.0. The van der Waals surface area contributed by atoms with Crippen molar-refractivity contribution in [3.63, 3.8) is 0 Å². The quantitative estimate of drug-likeness (QED) is 0.690. The van der Waals surface area contributed by atoms with Crippen molar-refractivity contribution in [1.29, 1.82) is 0 Å². The molecule has 0 unspecified atom stereocenters. The summed E-state index contributed by atoms with van der Waals surface area (Å²) < 4.78 is 10.7. The van der Waals surface area contributed by atoms with E-state index in [1.165, 1.54) is 0 Å². The second-order valence-corrected chi connectivity index (χ2v) is 7.37. The molecule has 7 heteroatoms. The normalized spacial score (nSPS) is 12.8. The van der Waals surface area contributed by atoms with Crippen LogP contribution in [0.2, 0.25) is 0 Å². The number of methoxy groups -OCH3 is 1. The first-order chi connectivity index (χ1) is 13.7. The summed E-state index contributed by atoms with van der Waals surface area (Å²) in [6.45, 7) is 1.43. The molecule has 2 aromatic rings. The molecule has 1 N–H and O–H groups in total. The van der Waals surface area contributed by atoms with Crippen LogP contribution >= 0.6 is 11.8 Å². The van der Waals surface area contributed by atoms with Gasteiger partial charge in [0.2, 0.25) is 11.8 Å². The molecule has 3 rings (SSSR count). The van der Waals surface area contributed by atoms with Crippen molar-refractivity contribution < 1.29 is 19.1 Å². The molecule has 1 aliphatic heterocycles. The molecule has 0 aliphatic carbocycles. The van der Waals surface area contributed by atoms with E-state index in [0.29, 0.717) is 25.4 Å². The molecule has 2 aromatic carbocycles. The molecule has 0 fully saturated rings. The van der Waals surface area contributed by atoms with Gasteiger partial charge in [0.05, 0.1) is 19.3 Å². The maximum absolute atomic E-state index is 12.5. The smallest absolute Gasteiger partial charge is 0.227 e. The average Bonchev–Trinajstić information content (AvgIpc) is 2.75. The third kappa shape index (κ3) is 5.42. The Balaban J connectivity index is 1.37. The molecule has 2 amide bonds. The van der Waals surface area contributed by atoms with Crippen LogP contribution in [-0.2, 0) is 9.59 Å². The average molecular weight is 401 g/mol. The van der Waals surface area contributed by atoms with E-state index in [-0.39, 0.29) is 24.7 Å². The van der Waals surface area contributed by atoms with E-state index < -0.39 is 0 Å². The van der Waals surface area contributed by atoms with Gasteiger partial charge >= 0.3 is 0 Å². The predicted molar refractivity (Wildman–Crippen MR) is 110 cm³/mol. The Bertz CT molecular complexity index is 810. The highest BCUT2D eigenvalue weighted by Crippen LogP contribution is 2.34. The number of thioether (sulfide) groups is 1. The fourth-order valence-corrected chi connectivity index (χ4v) is 3.90. The van der Waals surface area contributed by atoms with Crippen LogP contribution in [0.3, 0.4) is 0 Å². The van der Waals surface area contributed by atoms with E-state index in [0.717, 1.165) is 22.1 Å². The molecular weight excluding hydrogens is 376 g/mol. The Labute approximate surface area is 169 Å². The van der Waals surface area contributed by atoms with Crippen LogP contribution in [0.1, 0.15) is 12.8 Å². The maximum Gasteiger partial charge on any atom is 0.227 e. The highest BCUT2D eigenvalue weighted by Gasteiger charge is 2.22. The number of hydrogen-bond donors (Lipinski definition) is 1. The largest absolute Gasteiger partial charge is 0.497 e. The van der Waals surface area contributed by atoms with Crippen LogP contribution in [0.25, 0.3) is 0 Å². The number of hydrogen-bond acceptors (Lipinski definition) is 5. The zero-order valence-electron chi connectivity index (χ0n) is 15.8. The van der Waals surface area contributed by atoms with Gasteiger partial charge in [-0.1, -0.05) is 12.1 Å². The van der Waals surface area contributed by atoms with Gasteiger partial charge in [-0.3, -0.25) is 9.59 Å². The molecule has 28 heavy (non-hydrogen) atoms. The minimum Gasteiger partial charge on any atom is -0.497 e. The minimum atomic E-state index is -0.147. The van der Waals surface area contributed by atoms with Crippen molar-refractivity contribution in [2.75, 3.05) is 37.5 Å². The van der Waals surface area contributed by atoms with Crippen molar-refractivity contribution in [2.45, 2.75) is 17.7 Å². The summed E-state index contributed by atoms with van der Waals surface area (Å²) in [6, 6.07) is 15.1. The number of nitrogens with zero attached hydrogens (tertiary/aromatic N) is 1. The molecule has 0 saturated carbocycles. The summed E-state index contributed by atoms with van der Waals surface area (Å²) in [5.41, 5.74) is 0.942. The molecule has 148 valence electrons. The summed E-state index contributed by atoms with van der Waals surface area (Å²) in [5.74, 6) is 2.19. The standard InChI is InChI=1S/C21H24N2O4S/c1-26-16-6-8-17(9-7-16)27-14-12-22-20(24)10-11-21(25)23-13-15-28-19-5-3-2-4-18(19)23/h2-9H,10-15H2,1H3,(H,22,24). The maximum atomic E-state index is 12.5. The first-order valence-corrected chi connectivity index (χ1v) is 10.2. The van der Waals surface area contributed by atoms with Crippen molar-refractivity contribution in [3.05, 3.63) is 48.5 Å². The van der Waals surface area contributed by atoms with E-state index in [4.69, 9.17) is 9.47 Å². The van der Waals surface area contributed by atoms with Gasteiger partial charge in [-0.15, -0.1) is 11.8 Å². The van der Waals surface area contributed by atoms with E-state index in [1.807, 2.05) is 48.5 Å². The number of para-hydroxylation sites is 1. The lowest BCUT2D eigenvalue weighted by Gasteiger charge is -2.29. The Hall–Kier alpha value is -2.67. The number of anilines is 1. The third-order valence-electron chi connectivity index (χ3n) is 4.35. The van der Waals surface area contributed by atoms with E-state index in [9.17, 15) is 9.59 Å². The third-order valence-corrected chi connectivity index (χ3v) is 5.39. The SMILES string of the molecule is COc1ccc(OCCNC(=O)CCC(=O)N2CCSc3ccccc32)cc1. The van der Waals surface area contributed by atoms with Crippen LogP contribution in [0.15, 0.2) is 53.4 Å². The number of fused-ring (bicyclic) bond motifs is 1. The fraction of sp³-hybridized carbons (Fsp3) is 0.333. The van der Waals surface area contributed by atoms with Crippen molar-refractivity contribution in [2.24, 2.45) is 0 Å². The lowest BCUT2D eigenvalue weighted by Crippen LogP contribution is -2.36. The van der Waals surface area contributed by atoms with Gasteiger partial charge in [0, 0.05) is 30.0 Å². The number of ether oxygens (including phenoxy) is 2. The topological polar surface area (TPSA) is 67.9 Å². The zero-order chi connectivity index (χ0) is 19.8. The number of amides is 2. The number of carbonyl (C=O) groups excluding carboxylic acids is 2. The summed E-state index contributed by atoms with van der Waals surface area (Å²) in [6.07, 6.45) is 0.372. The second-order valence-electron chi connectivity index (χ2n) is 6.24. The number of nitrogens with one attached hydrogen (secondary N) is 1. The molecule has 1 heterocycles. The van der Waals surface area contributed by atoms with Crippen LogP contribution < -0.4 is 19.7 Å². The van der Waals surface area contributed by atoms with Crippen molar-refractivity contribution >= 4 is 29.3 Å². The van der Waals surface area contributed by atoms with Crippen LogP contribution in [0.4, 0.5) is 5.69 Å². The molecule has 1 aliphatic rings. The van der Waals surface area contributed by atoms with Gasteiger partial charge < -0.3 is 19.7 Å². The summed E-state index contributed by atoms with van der Waals surface area (Å²) in [4.78, 5) is 27.4. The highest BCUT2D eigenvalue weighted by molar-refractivity contribution is 7.99. The summed E-state index contributed by atoms with van der Waals surface area (Å²) in [7, 11) is 1.61. The van der Waals surface area contributed by atoms with Crippen LogP contribution in [0, 0.1) is 0 Å². The first-order valence-electron chi connectivity index (χ1n) is 9.23. The Kier molecular flexibility index (Phi) is 7.19. The van der Waals surface area contributed by atoms with Gasteiger partial charge in [-0.25, -0.2) is 0 Å². The summed E-state index contributed by atoms with van der Waals surface area (Å²) >= 11 is 1.75. The highest BCUT2D eigenvalue weighted by atomic mass is 32.2. The molecule has 0 bridgehead atoms. The number of carbonyl (C=O) groups is 2. The zero-order valence-corrected chi connectivity index (χ0v) is 16.7. The van der Waals surface area contributed by atoms with E-state index in [2.05, 4.69) is 5.32 Å². The molecular formula is C21H24N2O4S. The number of rotatable bonds is 8.